The smallest absolute Gasteiger partial charge is 0.120 e. The predicted octanol–water partition coefficient (Wildman–Crippen LogP) is 4.02. The number of benzene rings is 1. The molecule has 1 aromatic carbocycles. The van der Waals surface area contributed by atoms with Crippen LogP contribution < -0.4 is 10.1 Å². The lowest BCUT2D eigenvalue weighted by molar-refractivity contribution is 0.210. The van der Waals surface area contributed by atoms with Crippen LogP contribution in [-0.2, 0) is 6.54 Å². The Kier molecular flexibility index (Phi) is 3.90. The Bertz CT molecular complexity index is 411. The lowest BCUT2D eigenvalue weighted by Crippen LogP contribution is -2.16. The second-order valence-corrected chi connectivity index (χ2v) is 6.29. The molecule has 98 valence electrons. The van der Waals surface area contributed by atoms with Crippen LogP contribution in [0.1, 0.15) is 44.1 Å². The molecule has 0 aliphatic heterocycles. The van der Waals surface area contributed by atoms with Crippen molar-refractivity contribution in [1.82, 2.24) is 5.32 Å². The molecule has 3 rings (SSSR count). The number of ether oxygens (including phenoxy) is 1. The van der Waals surface area contributed by atoms with Gasteiger partial charge in [0, 0.05) is 17.1 Å². The first-order chi connectivity index (χ1) is 8.81. The van der Waals surface area contributed by atoms with E-state index in [9.17, 15) is 0 Å². The van der Waals surface area contributed by atoms with E-state index in [1.54, 1.807) is 0 Å². The summed E-state index contributed by atoms with van der Waals surface area (Å²) in [5.41, 5.74) is 1.30. The third-order valence-electron chi connectivity index (χ3n) is 3.78. The summed E-state index contributed by atoms with van der Waals surface area (Å²) < 4.78 is 7.22. The summed E-state index contributed by atoms with van der Waals surface area (Å²) in [6.45, 7) is 0.938. The Labute approximate surface area is 117 Å². The molecule has 3 heteroatoms. The van der Waals surface area contributed by atoms with Crippen LogP contribution in [0.5, 0.6) is 5.75 Å². The van der Waals surface area contributed by atoms with Gasteiger partial charge in [0.1, 0.15) is 5.75 Å². The van der Waals surface area contributed by atoms with Crippen molar-refractivity contribution in [3.05, 3.63) is 28.2 Å². The highest BCUT2D eigenvalue weighted by atomic mass is 79.9. The fourth-order valence-electron chi connectivity index (χ4n) is 2.50. The van der Waals surface area contributed by atoms with E-state index in [-0.39, 0.29) is 0 Å². The third-order valence-corrected chi connectivity index (χ3v) is 4.55. The van der Waals surface area contributed by atoms with E-state index in [2.05, 4.69) is 39.4 Å². The normalized spacial score (nSPS) is 20.3. The van der Waals surface area contributed by atoms with Crippen molar-refractivity contribution in [3.8, 4) is 5.75 Å². The van der Waals surface area contributed by atoms with Crippen LogP contribution in [0.25, 0.3) is 0 Å². The van der Waals surface area contributed by atoms with Crippen molar-refractivity contribution in [3.63, 3.8) is 0 Å². The molecular weight excluding hydrogens is 290 g/mol. The Morgan fingerprint density at radius 3 is 2.67 bits per heavy atom. The second kappa shape index (κ2) is 5.62. The van der Waals surface area contributed by atoms with Crippen molar-refractivity contribution in [2.75, 3.05) is 0 Å². The molecule has 0 unspecified atom stereocenters. The zero-order valence-corrected chi connectivity index (χ0v) is 12.2. The van der Waals surface area contributed by atoms with Crippen LogP contribution in [0.15, 0.2) is 22.7 Å². The summed E-state index contributed by atoms with van der Waals surface area (Å²) in [6.07, 6.45) is 8.16. The lowest BCUT2D eigenvalue weighted by atomic mass is 10.2. The molecule has 2 saturated carbocycles. The van der Waals surface area contributed by atoms with Gasteiger partial charge in [-0.25, -0.2) is 0 Å². The van der Waals surface area contributed by atoms with Crippen molar-refractivity contribution < 1.29 is 4.74 Å². The molecule has 1 aromatic rings. The molecule has 0 bridgehead atoms. The maximum Gasteiger partial charge on any atom is 0.120 e. The lowest BCUT2D eigenvalue weighted by Gasteiger charge is -2.15. The molecule has 0 saturated heterocycles. The van der Waals surface area contributed by atoms with Crippen molar-refractivity contribution in [1.29, 1.82) is 0 Å². The van der Waals surface area contributed by atoms with Gasteiger partial charge in [-0.05, 0) is 62.3 Å². The average molecular weight is 310 g/mol. The quantitative estimate of drug-likeness (QED) is 0.887. The van der Waals surface area contributed by atoms with E-state index in [0.29, 0.717) is 6.10 Å². The first-order valence-corrected chi connectivity index (χ1v) is 7.79. The first-order valence-electron chi connectivity index (χ1n) is 7.00. The van der Waals surface area contributed by atoms with E-state index in [0.717, 1.165) is 18.3 Å². The molecule has 2 aliphatic carbocycles. The van der Waals surface area contributed by atoms with E-state index in [1.165, 1.54) is 48.6 Å². The fourth-order valence-corrected chi connectivity index (χ4v) is 2.89. The Morgan fingerprint density at radius 1 is 1.17 bits per heavy atom. The highest BCUT2D eigenvalue weighted by Gasteiger charge is 2.21. The van der Waals surface area contributed by atoms with Gasteiger partial charge in [-0.15, -0.1) is 0 Å². The van der Waals surface area contributed by atoms with Gasteiger partial charge in [-0.1, -0.05) is 15.9 Å². The van der Waals surface area contributed by atoms with Crippen molar-refractivity contribution in [2.24, 2.45) is 0 Å². The van der Waals surface area contributed by atoms with E-state index in [4.69, 9.17) is 4.74 Å². The Morgan fingerprint density at radius 2 is 1.94 bits per heavy atom. The molecule has 0 atom stereocenters. The summed E-state index contributed by atoms with van der Waals surface area (Å²) >= 11 is 3.62. The molecule has 0 heterocycles. The minimum Gasteiger partial charge on any atom is -0.490 e. The molecule has 0 radical (unpaired) electrons. The van der Waals surface area contributed by atoms with Gasteiger partial charge >= 0.3 is 0 Å². The topological polar surface area (TPSA) is 21.3 Å². The van der Waals surface area contributed by atoms with Crippen LogP contribution in [0, 0.1) is 0 Å². The maximum absolute atomic E-state index is 6.04. The third kappa shape index (κ3) is 3.27. The van der Waals surface area contributed by atoms with Crippen LogP contribution in [0.2, 0.25) is 0 Å². The Balaban J connectivity index is 1.63. The summed E-state index contributed by atoms with van der Waals surface area (Å²) in [7, 11) is 0. The minimum absolute atomic E-state index is 0.440. The number of hydrogen-bond acceptors (Lipinski definition) is 2. The highest BCUT2D eigenvalue weighted by Crippen LogP contribution is 2.28. The molecule has 0 amide bonds. The summed E-state index contributed by atoms with van der Waals surface area (Å²) in [5.74, 6) is 1.03. The molecule has 0 spiro atoms. The number of halogens is 1. The van der Waals surface area contributed by atoms with Crippen LogP contribution >= 0.6 is 15.9 Å². The van der Waals surface area contributed by atoms with Crippen molar-refractivity contribution in [2.45, 2.75) is 57.2 Å². The van der Waals surface area contributed by atoms with Gasteiger partial charge < -0.3 is 10.1 Å². The van der Waals surface area contributed by atoms with Crippen LogP contribution in [-0.4, -0.2) is 12.1 Å². The van der Waals surface area contributed by atoms with Crippen molar-refractivity contribution >= 4 is 15.9 Å². The summed E-state index contributed by atoms with van der Waals surface area (Å²) in [6, 6.07) is 7.10. The second-order valence-electron chi connectivity index (χ2n) is 5.43. The first kappa shape index (κ1) is 12.5. The molecule has 2 fully saturated rings. The van der Waals surface area contributed by atoms with E-state index >= 15 is 0 Å². The molecule has 1 N–H and O–H groups in total. The maximum atomic E-state index is 6.04. The summed E-state index contributed by atoms with van der Waals surface area (Å²) in [5, 5.41) is 3.55. The Hall–Kier alpha value is -0.540. The van der Waals surface area contributed by atoms with E-state index < -0.39 is 0 Å². The van der Waals surface area contributed by atoms with Crippen LogP contribution in [0.4, 0.5) is 0 Å². The number of nitrogens with one attached hydrogen (secondary N) is 1. The van der Waals surface area contributed by atoms with Gasteiger partial charge in [-0.2, -0.15) is 0 Å². The molecule has 0 aromatic heterocycles. The molecular formula is C15H20BrNO. The van der Waals surface area contributed by atoms with Gasteiger partial charge in [-0.3, -0.25) is 0 Å². The minimum atomic E-state index is 0.440. The standard InChI is InChI=1S/C15H20BrNO/c16-15-8-7-14(18-13-3-1-2-4-13)9-11(15)10-17-12-5-6-12/h7-9,12-13,17H,1-6,10H2. The fraction of sp³-hybridized carbons (Fsp3) is 0.600. The molecule has 18 heavy (non-hydrogen) atoms. The predicted molar refractivity (Wildman–Crippen MR) is 76.9 cm³/mol. The highest BCUT2D eigenvalue weighted by molar-refractivity contribution is 9.10. The van der Waals surface area contributed by atoms with Gasteiger partial charge in [0.15, 0.2) is 0 Å². The summed E-state index contributed by atoms with van der Waals surface area (Å²) in [4.78, 5) is 0. The molecule has 2 nitrogen and oxygen atoms in total. The van der Waals surface area contributed by atoms with Gasteiger partial charge in [0.2, 0.25) is 0 Å². The zero-order valence-electron chi connectivity index (χ0n) is 10.6. The largest absolute Gasteiger partial charge is 0.490 e. The van der Waals surface area contributed by atoms with Gasteiger partial charge in [0.25, 0.3) is 0 Å². The number of hydrogen-bond donors (Lipinski definition) is 1. The monoisotopic (exact) mass is 309 g/mol. The van der Waals surface area contributed by atoms with Crippen LogP contribution in [0.3, 0.4) is 0 Å². The SMILES string of the molecule is Brc1ccc(OC2CCCC2)cc1CNC1CC1. The molecule has 2 aliphatic rings. The van der Waals surface area contributed by atoms with E-state index in [1.807, 2.05) is 0 Å². The van der Waals surface area contributed by atoms with Gasteiger partial charge in [0.05, 0.1) is 6.10 Å². The average Bonchev–Trinajstić information content (AvgIpc) is 3.07. The zero-order chi connectivity index (χ0) is 12.4. The number of rotatable bonds is 5.